The van der Waals surface area contributed by atoms with E-state index in [9.17, 15) is 27.6 Å². The molecule has 210 valence electrons. The van der Waals surface area contributed by atoms with E-state index in [1.165, 1.54) is 24.8 Å². The molecule has 2 unspecified atom stereocenters. The number of amides is 3. The molecule has 0 bridgehead atoms. The summed E-state index contributed by atoms with van der Waals surface area (Å²) in [5.74, 6) is -2.59. The van der Waals surface area contributed by atoms with Crippen LogP contribution in [0.5, 0.6) is 0 Å². The molecular weight excluding hydrogens is 496 g/mol. The van der Waals surface area contributed by atoms with Crippen LogP contribution in [0, 0.1) is 22.7 Å². The smallest absolute Gasteiger partial charge is 0.289 e. The fraction of sp³-hybridized carbons (Fsp3) is 0.769. The Bertz CT molecular complexity index is 1030. The van der Waals surface area contributed by atoms with E-state index < -0.39 is 62.3 Å². The van der Waals surface area contributed by atoms with E-state index in [2.05, 4.69) is 21.9 Å². The molecule has 5 atom stereocenters. The van der Waals surface area contributed by atoms with Crippen molar-refractivity contribution in [2.24, 2.45) is 22.7 Å². The van der Waals surface area contributed by atoms with Crippen LogP contribution in [0.4, 0.5) is 0 Å². The average Bonchev–Trinajstić information content (AvgIpc) is 3.12. The Balaban J connectivity index is 2.35. The summed E-state index contributed by atoms with van der Waals surface area (Å²) >= 11 is 0. The molecule has 1 saturated carbocycles. The van der Waals surface area contributed by atoms with Gasteiger partial charge in [0.25, 0.3) is 5.91 Å². The average molecular weight is 541 g/mol. The molecule has 2 aliphatic rings. The summed E-state index contributed by atoms with van der Waals surface area (Å²) < 4.78 is 27.9. The van der Waals surface area contributed by atoms with E-state index in [1.807, 2.05) is 20.8 Å². The van der Waals surface area contributed by atoms with E-state index in [1.54, 1.807) is 20.8 Å². The Morgan fingerprint density at radius 1 is 1.16 bits per heavy atom. The standard InChI is InChI=1S/C26H44N4O6S/c1-10-12-17(20(31)23(33)27-13-11-2)28-22(32)19-18-16(26(18,8)9)14-30(19)24(34)21(25(5,6)7)29-37(35,36)15(3)4/h11,15-19,21,29H,2,10,12-14H2,1,3-9H3,(H,27,33)(H,28,32)/t16?,17?,18-,19-,21+/m0/s1. The maximum Gasteiger partial charge on any atom is 0.289 e. The van der Waals surface area contributed by atoms with Crippen molar-refractivity contribution in [1.82, 2.24) is 20.3 Å². The molecule has 37 heavy (non-hydrogen) atoms. The number of carbonyl (C=O) groups excluding carboxylic acids is 4. The number of nitrogens with one attached hydrogen (secondary N) is 3. The molecule has 0 radical (unpaired) electrons. The van der Waals surface area contributed by atoms with Gasteiger partial charge in [-0.15, -0.1) is 6.58 Å². The summed E-state index contributed by atoms with van der Waals surface area (Å²) in [6, 6.07) is -2.98. The van der Waals surface area contributed by atoms with E-state index in [-0.39, 0.29) is 30.2 Å². The lowest BCUT2D eigenvalue weighted by atomic mass is 9.86. The van der Waals surface area contributed by atoms with Crippen molar-refractivity contribution in [2.75, 3.05) is 13.1 Å². The lowest BCUT2D eigenvalue weighted by Gasteiger charge is -2.38. The summed E-state index contributed by atoms with van der Waals surface area (Å²) in [6.07, 6.45) is 2.28. The topological polar surface area (TPSA) is 142 Å². The summed E-state index contributed by atoms with van der Waals surface area (Å²) in [4.78, 5) is 54.0. The zero-order valence-corrected chi connectivity index (χ0v) is 24.2. The highest BCUT2D eigenvalue weighted by molar-refractivity contribution is 7.90. The van der Waals surface area contributed by atoms with Gasteiger partial charge in [-0.2, -0.15) is 0 Å². The molecule has 2 rings (SSSR count). The van der Waals surface area contributed by atoms with Crippen molar-refractivity contribution in [1.29, 1.82) is 0 Å². The predicted octanol–water partition coefficient (Wildman–Crippen LogP) is 1.37. The summed E-state index contributed by atoms with van der Waals surface area (Å²) in [7, 11) is -3.77. The fourth-order valence-corrected chi connectivity index (χ4v) is 6.16. The zero-order chi connectivity index (χ0) is 28.5. The van der Waals surface area contributed by atoms with Crippen LogP contribution in [0.3, 0.4) is 0 Å². The van der Waals surface area contributed by atoms with Gasteiger partial charge in [0.2, 0.25) is 27.6 Å². The first-order chi connectivity index (χ1) is 16.9. The van der Waals surface area contributed by atoms with Crippen molar-refractivity contribution in [3.05, 3.63) is 12.7 Å². The number of nitrogens with zero attached hydrogens (tertiary/aromatic N) is 1. The minimum atomic E-state index is -3.77. The van der Waals surface area contributed by atoms with E-state index in [0.29, 0.717) is 13.0 Å². The van der Waals surface area contributed by atoms with Gasteiger partial charge in [-0.25, -0.2) is 13.1 Å². The van der Waals surface area contributed by atoms with Crippen LogP contribution in [-0.4, -0.2) is 73.3 Å². The highest BCUT2D eigenvalue weighted by Crippen LogP contribution is 2.65. The maximum atomic E-state index is 13.8. The summed E-state index contributed by atoms with van der Waals surface area (Å²) in [5.41, 5.74) is -0.939. The Labute approximate surface area is 221 Å². The molecule has 2 fully saturated rings. The van der Waals surface area contributed by atoms with Crippen LogP contribution in [0.2, 0.25) is 0 Å². The Morgan fingerprint density at radius 2 is 1.76 bits per heavy atom. The van der Waals surface area contributed by atoms with Crippen LogP contribution >= 0.6 is 0 Å². The number of hydrogen-bond donors (Lipinski definition) is 3. The molecule has 0 aromatic carbocycles. The highest BCUT2D eigenvalue weighted by Gasteiger charge is 2.70. The molecule has 1 heterocycles. The predicted molar refractivity (Wildman–Crippen MR) is 142 cm³/mol. The van der Waals surface area contributed by atoms with Crippen LogP contribution in [-0.2, 0) is 29.2 Å². The van der Waals surface area contributed by atoms with Crippen LogP contribution < -0.4 is 15.4 Å². The monoisotopic (exact) mass is 540 g/mol. The van der Waals surface area contributed by atoms with Crippen LogP contribution in [0.15, 0.2) is 12.7 Å². The Kier molecular flexibility index (Phi) is 9.39. The number of piperidine rings is 1. The first-order valence-corrected chi connectivity index (χ1v) is 14.5. The third-order valence-corrected chi connectivity index (χ3v) is 9.42. The summed E-state index contributed by atoms with van der Waals surface area (Å²) in [5, 5.41) is 4.45. The molecule has 0 aromatic heterocycles. The van der Waals surface area contributed by atoms with Gasteiger partial charge in [-0.3, -0.25) is 19.2 Å². The fourth-order valence-electron chi connectivity index (χ4n) is 5.10. The zero-order valence-electron chi connectivity index (χ0n) is 23.4. The molecule has 1 saturated heterocycles. The second-order valence-electron chi connectivity index (χ2n) is 12.1. The first-order valence-electron chi connectivity index (χ1n) is 13.0. The van der Waals surface area contributed by atoms with Gasteiger partial charge < -0.3 is 15.5 Å². The second kappa shape index (κ2) is 11.2. The molecule has 11 heteroatoms. The molecule has 3 N–H and O–H groups in total. The third kappa shape index (κ3) is 6.60. The van der Waals surface area contributed by atoms with Gasteiger partial charge in [0.1, 0.15) is 12.1 Å². The molecule has 1 aliphatic carbocycles. The molecular formula is C26H44N4O6S. The van der Waals surface area contributed by atoms with Crippen molar-refractivity contribution in [3.63, 3.8) is 0 Å². The maximum absolute atomic E-state index is 13.8. The number of Topliss-reactive ketones (excluding diaryl/α,β-unsaturated/α-hetero) is 1. The first kappa shape index (κ1) is 31.0. The van der Waals surface area contributed by atoms with Gasteiger partial charge in [0.05, 0.1) is 11.3 Å². The van der Waals surface area contributed by atoms with Gasteiger partial charge in [-0.05, 0) is 42.9 Å². The third-order valence-electron chi connectivity index (χ3n) is 7.62. The van der Waals surface area contributed by atoms with Crippen LogP contribution in [0.25, 0.3) is 0 Å². The van der Waals surface area contributed by atoms with Crippen molar-refractivity contribution < 1.29 is 27.6 Å². The van der Waals surface area contributed by atoms with Gasteiger partial charge in [0.15, 0.2) is 0 Å². The lowest BCUT2D eigenvalue weighted by Crippen LogP contribution is -2.61. The number of rotatable bonds is 12. The number of sulfonamides is 1. The highest BCUT2D eigenvalue weighted by atomic mass is 32.2. The number of fused-ring (bicyclic) bond motifs is 1. The molecule has 1 aliphatic heterocycles. The number of carbonyl (C=O) groups is 4. The minimum absolute atomic E-state index is 0.0748. The molecule has 0 aromatic rings. The Hall–Kier alpha value is -2.27. The quantitative estimate of drug-likeness (QED) is 0.252. The molecule has 3 amide bonds. The minimum Gasteiger partial charge on any atom is -0.346 e. The van der Waals surface area contributed by atoms with Gasteiger partial charge >= 0.3 is 0 Å². The van der Waals surface area contributed by atoms with Gasteiger partial charge in [0, 0.05) is 13.1 Å². The lowest BCUT2D eigenvalue weighted by molar-refractivity contribution is -0.145. The Morgan fingerprint density at radius 3 is 2.24 bits per heavy atom. The molecule has 0 spiro atoms. The second-order valence-corrected chi connectivity index (χ2v) is 14.4. The summed E-state index contributed by atoms with van der Waals surface area (Å²) in [6.45, 7) is 18.2. The van der Waals surface area contributed by atoms with Crippen molar-refractivity contribution in [2.45, 2.75) is 91.6 Å². The van der Waals surface area contributed by atoms with Crippen molar-refractivity contribution >= 4 is 33.5 Å². The number of hydrogen-bond acceptors (Lipinski definition) is 6. The SMILES string of the molecule is C=CCNC(=O)C(=O)C(CCC)NC(=O)[C@@H]1[C@@H]2C(CN1C(=O)[C@@H](NS(=O)(=O)C(C)C)C(C)(C)C)C2(C)C. The van der Waals surface area contributed by atoms with Crippen LogP contribution in [0.1, 0.15) is 68.2 Å². The molecule has 10 nitrogen and oxygen atoms in total. The van der Waals surface area contributed by atoms with E-state index >= 15 is 0 Å². The number of likely N-dealkylation sites (tertiary alicyclic amines) is 1. The number of ketones is 1. The van der Waals surface area contributed by atoms with Crippen molar-refractivity contribution in [3.8, 4) is 0 Å². The normalized spacial score (nSPS) is 24.1. The largest absolute Gasteiger partial charge is 0.346 e. The van der Waals surface area contributed by atoms with E-state index in [4.69, 9.17) is 0 Å². The van der Waals surface area contributed by atoms with E-state index in [0.717, 1.165) is 0 Å². The van der Waals surface area contributed by atoms with Gasteiger partial charge in [-0.1, -0.05) is 54.0 Å².